The largest absolute Gasteiger partial charge is 0.356 e. The molecule has 1 aromatic heterocycles. The number of likely N-dealkylation sites (tertiary alicyclic amines) is 1. The summed E-state index contributed by atoms with van der Waals surface area (Å²) < 4.78 is 13.3. The minimum absolute atomic E-state index is 0.0139. The topological polar surface area (TPSA) is 62.3 Å². The van der Waals surface area contributed by atoms with Crippen LogP contribution in [0.5, 0.6) is 0 Å². The van der Waals surface area contributed by atoms with Gasteiger partial charge in [-0.25, -0.2) is 4.39 Å². The molecule has 1 fully saturated rings. The summed E-state index contributed by atoms with van der Waals surface area (Å²) in [5.74, 6) is -0.309. The Balaban J connectivity index is 1.54. The molecule has 0 bridgehead atoms. The summed E-state index contributed by atoms with van der Waals surface area (Å²) in [5.41, 5.74) is 2.95. The highest BCUT2D eigenvalue weighted by Crippen LogP contribution is 2.36. The van der Waals surface area contributed by atoms with E-state index in [0.29, 0.717) is 32.5 Å². The smallest absolute Gasteiger partial charge is 0.228 e. The lowest BCUT2D eigenvalue weighted by Crippen LogP contribution is -2.45. The number of carbonyl (C=O) groups excluding carboxylic acids is 2. The zero-order valence-corrected chi connectivity index (χ0v) is 18.8. The third-order valence-corrected chi connectivity index (χ3v) is 6.23. The van der Waals surface area contributed by atoms with E-state index in [4.69, 9.17) is 0 Å². The van der Waals surface area contributed by atoms with E-state index in [1.165, 1.54) is 12.1 Å². The number of carbonyl (C=O) groups is 2. The number of hydrogen-bond acceptors (Lipinski definition) is 3. The molecule has 1 atom stereocenters. The third-order valence-electron chi connectivity index (χ3n) is 6.23. The Bertz CT molecular complexity index is 1120. The molecule has 33 heavy (non-hydrogen) atoms. The van der Waals surface area contributed by atoms with Crippen LogP contribution < -0.4 is 5.32 Å². The molecule has 4 rings (SSSR count). The van der Waals surface area contributed by atoms with Crippen LogP contribution in [0.4, 0.5) is 4.39 Å². The van der Waals surface area contributed by atoms with Crippen molar-refractivity contribution in [2.24, 2.45) is 5.41 Å². The normalized spacial score (nSPS) is 17.7. The summed E-state index contributed by atoms with van der Waals surface area (Å²) in [6, 6.07) is 19.9. The Labute approximate surface area is 193 Å². The van der Waals surface area contributed by atoms with E-state index >= 15 is 0 Å². The SMILES string of the molecule is CCNC(=O)[C@]1(Cc2cccc(-c3ccc(F)cc3)c2)CCN(C(=O)Cc2ccccn2)C1. The molecule has 0 spiro atoms. The second-order valence-electron chi connectivity index (χ2n) is 8.59. The fourth-order valence-corrected chi connectivity index (χ4v) is 4.51. The zero-order valence-electron chi connectivity index (χ0n) is 18.8. The van der Waals surface area contributed by atoms with E-state index < -0.39 is 5.41 Å². The number of benzene rings is 2. The van der Waals surface area contributed by atoms with E-state index in [1.807, 2.05) is 49.4 Å². The van der Waals surface area contributed by atoms with Gasteiger partial charge in [0.1, 0.15) is 5.82 Å². The van der Waals surface area contributed by atoms with Crippen LogP contribution in [0, 0.1) is 11.2 Å². The maximum absolute atomic E-state index is 13.3. The van der Waals surface area contributed by atoms with Crippen molar-refractivity contribution in [3.8, 4) is 11.1 Å². The first-order valence-electron chi connectivity index (χ1n) is 11.3. The molecular weight excluding hydrogens is 417 g/mol. The Morgan fingerprint density at radius 2 is 1.88 bits per heavy atom. The van der Waals surface area contributed by atoms with Gasteiger partial charge in [0.05, 0.1) is 11.8 Å². The van der Waals surface area contributed by atoms with Crippen molar-refractivity contribution < 1.29 is 14.0 Å². The minimum atomic E-state index is -0.683. The molecule has 2 aromatic carbocycles. The van der Waals surface area contributed by atoms with Gasteiger partial charge in [0.2, 0.25) is 11.8 Å². The minimum Gasteiger partial charge on any atom is -0.356 e. The second-order valence-corrected chi connectivity index (χ2v) is 8.59. The van der Waals surface area contributed by atoms with E-state index in [2.05, 4.69) is 10.3 Å². The molecule has 1 aliphatic rings. The molecule has 2 amide bonds. The fraction of sp³-hybridized carbons (Fsp3) is 0.296. The quantitative estimate of drug-likeness (QED) is 0.597. The molecular formula is C27H28FN3O2. The number of amides is 2. The molecule has 170 valence electrons. The number of nitrogens with one attached hydrogen (secondary N) is 1. The van der Waals surface area contributed by atoms with Crippen LogP contribution in [0.1, 0.15) is 24.6 Å². The van der Waals surface area contributed by atoms with Crippen LogP contribution in [0.15, 0.2) is 72.9 Å². The highest BCUT2D eigenvalue weighted by Gasteiger charge is 2.45. The van der Waals surface area contributed by atoms with Gasteiger partial charge in [-0.1, -0.05) is 42.5 Å². The summed E-state index contributed by atoms with van der Waals surface area (Å²) in [6.45, 7) is 3.36. The molecule has 2 heterocycles. The molecule has 1 aliphatic heterocycles. The predicted molar refractivity (Wildman–Crippen MR) is 126 cm³/mol. The van der Waals surface area contributed by atoms with Gasteiger partial charge in [0.25, 0.3) is 0 Å². The summed E-state index contributed by atoms with van der Waals surface area (Å²) >= 11 is 0. The lowest BCUT2D eigenvalue weighted by Gasteiger charge is -2.28. The van der Waals surface area contributed by atoms with Crippen LogP contribution >= 0.6 is 0 Å². The first kappa shape index (κ1) is 22.6. The Kier molecular flexibility index (Phi) is 6.82. The monoisotopic (exact) mass is 445 g/mol. The van der Waals surface area contributed by atoms with Gasteiger partial charge < -0.3 is 10.2 Å². The van der Waals surface area contributed by atoms with Crippen molar-refractivity contribution >= 4 is 11.8 Å². The lowest BCUT2D eigenvalue weighted by molar-refractivity contribution is -0.132. The molecule has 6 heteroatoms. The van der Waals surface area contributed by atoms with E-state index in [9.17, 15) is 14.0 Å². The Hall–Kier alpha value is -3.54. The van der Waals surface area contributed by atoms with Crippen molar-refractivity contribution in [3.63, 3.8) is 0 Å². The number of aromatic nitrogens is 1. The first-order chi connectivity index (χ1) is 16.0. The molecule has 5 nitrogen and oxygen atoms in total. The molecule has 1 saturated heterocycles. The summed E-state index contributed by atoms with van der Waals surface area (Å²) in [7, 11) is 0. The van der Waals surface area contributed by atoms with Crippen LogP contribution in [0.2, 0.25) is 0 Å². The van der Waals surface area contributed by atoms with Crippen LogP contribution in [0.25, 0.3) is 11.1 Å². The zero-order chi connectivity index (χ0) is 23.3. The van der Waals surface area contributed by atoms with Gasteiger partial charge in [-0.05, 0) is 60.7 Å². The van der Waals surface area contributed by atoms with Gasteiger partial charge >= 0.3 is 0 Å². The van der Waals surface area contributed by atoms with Crippen LogP contribution in [-0.2, 0) is 22.4 Å². The Morgan fingerprint density at radius 1 is 1.06 bits per heavy atom. The highest BCUT2D eigenvalue weighted by atomic mass is 19.1. The predicted octanol–water partition coefficient (Wildman–Crippen LogP) is 4.03. The molecule has 0 radical (unpaired) electrons. The van der Waals surface area contributed by atoms with Gasteiger partial charge in [-0.2, -0.15) is 0 Å². The molecule has 1 N–H and O–H groups in total. The van der Waals surface area contributed by atoms with Gasteiger partial charge in [-0.3, -0.25) is 14.6 Å². The fourth-order valence-electron chi connectivity index (χ4n) is 4.51. The Morgan fingerprint density at radius 3 is 2.61 bits per heavy atom. The average Bonchev–Trinajstić information content (AvgIpc) is 3.26. The molecule has 0 saturated carbocycles. The highest BCUT2D eigenvalue weighted by molar-refractivity contribution is 5.86. The van der Waals surface area contributed by atoms with Crippen molar-refractivity contribution in [1.82, 2.24) is 15.2 Å². The number of nitrogens with zero attached hydrogens (tertiary/aromatic N) is 2. The third kappa shape index (κ3) is 5.28. The molecule has 3 aromatic rings. The van der Waals surface area contributed by atoms with Crippen molar-refractivity contribution in [2.45, 2.75) is 26.2 Å². The molecule has 0 aliphatic carbocycles. The maximum atomic E-state index is 13.3. The lowest BCUT2D eigenvalue weighted by atomic mass is 9.79. The van der Waals surface area contributed by atoms with E-state index in [-0.39, 0.29) is 24.1 Å². The van der Waals surface area contributed by atoms with E-state index in [1.54, 1.807) is 23.2 Å². The van der Waals surface area contributed by atoms with Crippen LogP contribution in [-0.4, -0.2) is 41.3 Å². The van der Waals surface area contributed by atoms with Crippen LogP contribution in [0.3, 0.4) is 0 Å². The standard InChI is InChI=1S/C27H28FN3O2/c1-2-29-26(33)27(13-15-31(19-27)25(32)17-24-8-3-4-14-30-24)18-20-6-5-7-22(16-20)21-9-11-23(28)12-10-21/h3-12,14,16H,2,13,15,17-19H2,1H3,(H,29,33)/t27-/m0/s1. The number of halogens is 1. The van der Waals surface area contributed by atoms with Crippen molar-refractivity contribution in [3.05, 3.63) is 90.0 Å². The van der Waals surface area contributed by atoms with Gasteiger partial charge in [0.15, 0.2) is 0 Å². The van der Waals surface area contributed by atoms with Gasteiger partial charge in [-0.15, -0.1) is 0 Å². The van der Waals surface area contributed by atoms with E-state index in [0.717, 1.165) is 22.4 Å². The van der Waals surface area contributed by atoms with Crippen molar-refractivity contribution in [1.29, 1.82) is 0 Å². The number of hydrogen-bond donors (Lipinski definition) is 1. The maximum Gasteiger partial charge on any atom is 0.228 e. The van der Waals surface area contributed by atoms with Gasteiger partial charge in [0, 0.05) is 31.5 Å². The van der Waals surface area contributed by atoms with Crippen molar-refractivity contribution in [2.75, 3.05) is 19.6 Å². The first-order valence-corrected chi connectivity index (χ1v) is 11.3. The average molecular weight is 446 g/mol. The summed E-state index contributed by atoms with van der Waals surface area (Å²) in [5, 5.41) is 2.98. The molecule has 0 unspecified atom stereocenters. The number of pyridine rings is 1. The summed E-state index contributed by atoms with van der Waals surface area (Å²) in [4.78, 5) is 32.2. The summed E-state index contributed by atoms with van der Waals surface area (Å²) in [6.07, 6.45) is 3.04. The number of rotatable bonds is 7. The second kappa shape index (κ2) is 9.94.